The zero-order valence-electron chi connectivity index (χ0n) is 11.1. The van der Waals surface area contributed by atoms with Crippen LogP contribution in [0.15, 0.2) is 18.2 Å². The van der Waals surface area contributed by atoms with Gasteiger partial charge in [0.1, 0.15) is 6.61 Å². The third kappa shape index (κ3) is 6.24. The molecule has 0 aliphatic carbocycles. The Bertz CT molecular complexity index is 334. The van der Waals surface area contributed by atoms with Gasteiger partial charge in [0, 0.05) is 25.3 Å². The number of nitrogens with zero attached hydrogens (tertiary/aromatic N) is 1. The molecule has 96 valence electrons. The predicted molar refractivity (Wildman–Crippen MR) is 68.2 cm³/mol. The van der Waals surface area contributed by atoms with Gasteiger partial charge in [0.2, 0.25) is 5.88 Å². The lowest BCUT2D eigenvalue weighted by atomic mass is 10.1. The Hall–Kier alpha value is -1.13. The number of methoxy groups -OCH3 is 1. The molecule has 0 bridgehead atoms. The van der Waals surface area contributed by atoms with Crippen LogP contribution in [0.3, 0.4) is 0 Å². The molecular weight excluding hydrogens is 216 g/mol. The summed E-state index contributed by atoms with van der Waals surface area (Å²) in [5.41, 5.74) is 1.07. The maximum Gasteiger partial charge on any atom is 0.213 e. The molecule has 0 saturated carbocycles. The van der Waals surface area contributed by atoms with Crippen LogP contribution in [0.5, 0.6) is 5.88 Å². The summed E-state index contributed by atoms with van der Waals surface area (Å²) >= 11 is 0. The molecule has 0 unspecified atom stereocenters. The van der Waals surface area contributed by atoms with Gasteiger partial charge in [-0.1, -0.05) is 6.07 Å². The van der Waals surface area contributed by atoms with Crippen molar-refractivity contribution >= 4 is 0 Å². The van der Waals surface area contributed by atoms with Gasteiger partial charge in [0.25, 0.3) is 0 Å². The fraction of sp³-hybridized carbons (Fsp3) is 0.615. The minimum absolute atomic E-state index is 0.0919. The first kappa shape index (κ1) is 13.9. The molecule has 4 nitrogen and oxygen atoms in total. The van der Waals surface area contributed by atoms with Gasteiger partial charge in [-0.15, -0.1) is 0 Å². The van der Waals surface area contributed by atoms with E-state index in [1.54, 1.807) is 7.11 Å². The van der Waals surface area contributed by atoms with Crippen molar-refractivity contribution in [3.05, 3.63) is 23.9 Å². The second-order valence-electron chi connectivity index (χ2n) is 4.91. The second-order valence-corrected chi connectivity index (χ2v) is 4.91. The largest absolute Gasteiger partial charge is 0.475 e. The van der Waals surface area contributed by atoms with Gasteiger partial charge in [0.05, 0.1) is 12.3 Å². The first-order chi connectivity index (χ1) is 8.01. The molecule has 1 N–H and O–H groups in total. The molecule has 0 aliphatic heterocycles. The average Bonchev–Trinajstić information content (AvgIpc) is 2.27. The van der Waals surface area contributed by atoms with Gasteiger partial charge in [0.15, 0.2) is 0 Å². The van der Waals surface area contributed by atoms with Crippen LogP contribution in [-0.4, -0.2) is 30.8 Å². The Balaban J connectivity index is 2.48. The van der Waals surface area contributed by atoms with Crippen LogP contribution in [0.4, 0.5) is 0 Å². The summed E-state index contributed by atoms with van der Waals surface area (Å²) in [7, 11) is 1.65. The highest BCUT2D eigenvalue weighted by Crippen LogP contribution is 2.08. The Kier molecular flexibility index (Phi) is 5.38. The summed E-state index contributed by atoms with van der Waals surface area (Å²) in [6.45, 7) is 8.24. The molecule has 1 aromatic heterocycles. The van der Waals surface area contributed by atoms with E-state index in [1.807, 2.05) is 18.2 Å². The Labute approximate surface area is 103 Å². The van der Waals surface area contributed by atoms with E-state index >= 15 is 0 Å². The van der Waals surface area contributed by atoms with Crippen LogP contribution in [0.1, 0.15) is 26.5 Å². The molecular formula is C13H22N2O2. The van der Waals surface area contributed by atoms with Gasteiger partial charge >= 0.3 is 0 Å². The first-order valence-electron chi connectivity index (χ1n) is 5.84. The maximum atomic E-state index is 5.46. The summed E-state index contributed by atoms with van der Waals surface area (Å²) in [5.74, 6) is 0.648. The molecule has 0 amide bonds. The topological polar surface area (TPSA) is 43.4 Å². The summed E-state index contributed by atoms with van der Waals surface area (Å²) < 4.78 is 10.4. The van der Waals surface area contributed by atoms with Gasteiger partial charge in [-0.2, -0.15) is 0 Å². The highest BCUT2D eigenvalue weighted by molar-refractivity contribution is 5.15. The fourth-order valence-corrected chi connectivity index (χ4v) is 1.22. The molecule has 0 radical (unpaired) electrons. The van der Waals surface area contributed by atoms with Crippen LogP contribution in [-0.2, 0) is 11.3 Å². The van der Waals surface area contributed by atoms with Crippen LogP contribution in [0, 0.1) is 0 Å². The molecule has 0 fully saturated rings. The van der Waals surface area contributed by atoms with Crippen LogP contribution in [0.2, 0.25) is 0 Å². The van der Waals surface area contributed by atoms with Crippen molar-refractivity contribution in [3.8, 4) is 5.88 Å². The number of rotatable bonds is 6. The zero-order valence-corrected chi connectivity index (χ0v) is 11.1. The standard InChI is InChI=1S/C13H22N2O2/c1-13(2,3)14-10-11-6-5-7-12(15-11)17-9-8-16-4/h5-7,14H,8-10H2,1-4H3. The Morgan fingerprint density at radius 1 is 1.24 bits per heavy atom. The van der Waals surface area contributed by atoms with Gasteiger partial charge in [-0.3, -0.25) is 0 Å². The van der Waals surface area contributed by atoms with E-state index in [0.29, 0.717) is 19.1 Å². The number of aromatic nitrogens is 1. The number of ether oxygens (including phenoxy) is 2. The first-order valence-corrected chi connectivity index (χ1v) is 5.84. The van der Waals surface area contributed by atoms with Crippen molar-refractivity contribution in [2.45, 2.75) is 32.9 Å². The minimum Gasteiger partial charge on any atom is -0.475 e. The van der Waals surface area contributed by atoms with Crippen molar-refractivity contribution in [1.82, 2.24) is 10.3 Å². The van der Waals surface area contributed by atoms with Crippen molar-refractivity contribution < 1.29 is 9.47 Å². The minimum atomic E-state index is 0.0919. The lowest BCUT2D eigenvalue weighted by Gasteiger charge is -2.20. The fourth-order valence-electron chi connectivity index (χ4n) is 1.22. The second kappa shape index (κ2) is 6.57. The van der Waals surface area contributed by atoms with Crippen molar-refractivity contribution in [2.24, 2.45) is 0 Å². The third-order valence-corrected chi connectivity index (χ3v) is 2.12. The smallest absolute Gasteiger partial charge is 0.213 e. The molecule has 1 rings (SSSR count). The lowest BCUT2D eigenvalue weighted by Crippen LogP contribution is -2.35. The molecule has 1 aromatic rings. The zero-order chi connectivity index (χ0) is 12.7. The molecule has 0 saturated heterocycles. The van der Waals surface area contributed by atoms with E-state index in [-0.39, 0.29) is 5.54 Å². The lowest BCUT2D eigenvalue weighted by molar-refractivity contribution is 0.143. The van der Waals surface area contributed by atoms with E-state index < -0.39 is 0 Å². The number of nitrogens with one attached hydrogen (secondary N) is 1. The Morgan fingerprint density at radius 2 is 2.00 bits per heavy atom. The van der Waals surface area contributed by atoms with Crippen molar-refractivity contribution in [1.29, 1.82) is 0 Å². The SMILES string of the molecule is COCCOc1cccc(CNC(C)(C)C)n1. The number of hydrogen-bond donors (Lipinski definition) is 1. The summed E-state index contributed by atoms with van der Waals surface area (Å²) in [6.07, 6.45) is 0. The molecule has 4 heteroatoms. The molecule has 0 spiro atoms. The van der Waals surface area contributed by atoms with E-state index in [4.69, 9.17) is 9.47 Å². The normalized spacial score (nSPS) is 11.5. The maximum absolute atomic E-state index is 5.46. The van der Waals surface area contributed by atoms with Crippen LogP contribution >= 0.6 is 0 Å². The van der Waals surface area contributed by atoms with Gasteiger partial charge < -0.3 is 14.8 Å². The summed E-state index contributed by atoms with van der Waals surface area (Å²) in [6, 6.07) is 5.80. The van der Waals surface area contributed by atoms with Gasteiger partial charge in [-0.25, -0.2) is 4.98 Å². The average molecular weight is 238 g/mol. The highest BCUT2D eigenvalue weighted by Gasteiger charge is 2.09. The molecule has 1 heterocycles. The Morgan fingerprint density at radius 3 is 2.65 bits per heavy atom. The highest BCUT2D eigenvalue weighted by atomic mass is 16.5. The van der Waals surface area contributed by atoms with Crippen LogP contribution in [0.25, 0.3) is 0 Å². The van der Waals surface area contributed by atoms with Gasteiger partial charge in [-0.05, 0) is 26.8 Å². The van der Waals surface area contributed by atoms with E-state index in [2.05, 4.69) is 31.1 Å². The monoisotopic (exact) mass is 238 g/mol. The predicted octanol–water partition coefficient (Wildman–Crippen LogP) is 1.99. The quantitative estimate of drug-likeness (QED) is 0.770. The van der Waals surface area contributed by atoms with E-state index in [1.165, 1.54) is 0 Å². The number of pyridine rings is 1. The molecule has 0 atom stereocenters. The molecule has 0 aromatic carbocycles. The summed E-state index contributed by atoms with van der Waals surface area (Å²) in [4.78, 5) is 4.41. The van der Waals surface area contributed by atoms with Crippen LogP contribution < -0.4 is 10.1 Å². The van der Waals surface area contributed by atoms with Crippen molar-refractivity contribution in [2.75, 3.05) is 20.3 Å². The van der Waals surface area contributed by atoms with E-state index in [0.717, 1.165) is 12.2 Å². The summed E-state index contributed by atoms with van der Waals surface area (Å²) in [5, 5.41) is 3.39. The number of hydrogen-bond acceptors (Lipinski definition) is 4. The third-order valence-electron chi connectivity index (χ3n) is 2.12. The van der Waals surface area contributed by atoms with Crippen molar-refractivity contribution in [3.63, 3.8) is 0 Å². The molecule has 0 aliphatic rings. The van der Waals surface area contributed by atoms with E-state index in [9.17, 15) is 0 Å². The molecule has 17 heavy (non-hydrogen) atoms.